The van der Waals surface area contributed by atoms with Crippen molar-refractivity contribution in [2.45, 2.75) is 13.3 Å². The molecule has 13 heavy (non-hydrogen) atoms. The molecule has 0 spiro atoms. The van der Waals surface area contributed by atoms with Crippen LogP contribution in [0, 0.1) is 0 Å². The number of hydrogen-bond acceptors (Lipinski definition) is 4. The lowest BCUT2D eigenvalue weighted by Crippen LogP contribution is -2.14. The predicted molar refractivity (Wildman–Crippen MR) is 51.2 cm³/mol. The summed E-state index contributed by atoms with van der Waals surface area (Å²) in [6.45, 7) is 1.85. The molecule has 0 unspecified atom stereocenters. The average molecular weight is 264 g/mol. The van der Waals surface area contributed by atoms with Gasteiger partial charge in [-0.1, -0.05) is 6.92 Å². The van der Waals surface area contributed by atoms with Crippen LogP contribution in [0.25, 0.3) is 0 Å². The summed E-state index contributed by atoms with van der Waals surface area (Å²) in [5.41, 5.74) is 0.0480. The predicted octanol–water partition coefficient (Wildman–Crippen LogP) is 1.74. The summed E-state index contributed by atoms with van der Waals surface area (Å²) in [4.78, 5) is 25.9. The number of aryl methyl sites for hydroxylation is 1. The van der Waals surface area contributed by atoms with Crippen molar-refractivity contribution in [3.8, 4) is 0 Å². The largest absolute Gasteiger partial charge is 0.475 e. The van der Waals surface area contributed by atoms with Crippen molar-refractivity contribution in [1.82, 2.24) is 4.98 Å². The number of carbonyl (C=O) groups excluding carboxylic acids is 1. The van der Waals surface area contributed by atoms with E-state index in [2.05, 4.69) is 20.9 Å². The molecule has 0 atom stereocenters. The van der Waals surface area contributed by atoms with Crippen molar-refractivity contribution in [2.75, 3.05) is 0 Å². The van der Waals surface area contributed by atoms with Crippen LogP contribution in [0.4, 0.5) is 0 Å². The van der Waals surface area contributed by atoms with Gasteiger partial charge in [-0.25, -0.2) is 9.78 Å². The monoisotopic (exact) mass is 263 g/mol. The number of thiazole rings is 1. The zero-order valence-corrected chi connectivity index (χ0v) is 9.11. The third kappa shape index (κ3) is 2.13. The molecule has 1 rings (SSSR count). The number of ketones is 1. The Hall–Kier alpha value is -0.750. The quantitative estimate of drug-likeness (QED) is 0.667. The van der Waals surface area contributed by atoms with E-state index < -0.39 is 11.8 Å². The van der Waals surface area contributed by atoms with Gasteiger partial charge in [0.05, 0.1) is 0 Å². The van der Waals surface area contributed by atoms with E-state index >= 15 is 0 Å². The number of halogens is 1. The maximum atomic E-state index is 11.1. The Kier molecular flexibility index (Phi) is 3.16. The first-order chi connectivity index (χ1) is 6.06. The lowest BCUT2D eigenvalue weighted by atomic mass is 10.2. The van der Waals surface area contributed by atoms with Gasteiger partial charge < -0.3 is 5.11 Å². The minimum atomic E-state index is -1.47. The molecule has 0 saturated carbocycles. The zero-order chi connectivity index (χ0) is 10.0. The van der Waals surface area contributed by atoms with Crippen molar-refractivity contribution >= 4 is 39.0 Å². The second-order valence-corrected chi connectivity index (χ2v) is 4.59. The molecule has 0 aromatic carbocycles. The van der Waals surface area contributed by atoms with E-state index in [1.54, 1.807) is 0 Å². The molecule has 6 heteroatoms. The van der Waals surface area contributed by atoms with Crippen molar-refractivity contribution in [3.63, 3.8) is 0 Å². The van der Waals surface area contributed by atoms with Crippen LogP contribution in [0.5, 0.6) is 0 Å². The van der Waals surface area contributed by atoms with E-state index in [0.717, 1.165) is 0 Å². The van der Waals surface area contributed by atoms with Gasteiger partial charge in [0.15, 0.2) is 3.92 Å². The Morgan fingerprint density at radius 3 is 2.69 bits per heavy atom. The number of aliphatic carboxylic acids is 1. The lowest BCUT2D eigenvalue weighted by molar-refractivity contribution is -0.131. The number of carbonyl (C=O) groups is 2. The molecule has 0 aliphatic heterocycles. The Bertz CT molecular complexity index is 361. The number of carboxylic acids is 1. The normalized spacial score (nSPS) is 10.0. The van der Waals surface area contributed by atoms with Gasteiger partial charge in [-0.05, 0) is 22.4 Å². The van der Waals surface area contributed by atoms with Crippen molar-refractivity contribution in [2.24, 2.45) is 0 Å². The van der Waals surface area contributed by atoms with E-state index in [1.807, 2.05) is 6.92 Å². The summed E-state index contributed by atoms with van der Waals surface area (Å²) in [6.07, 6.45) is 0.609. The molecule has 1 heterocycles. The number of aromatic nitrogens is 1. The third-order valence-electron chi connectivity index (χ3n) is 1.40. The van der Waals surface area contributed by atoms with Gasteiger partial charge >= 0.3 is 5.97 Å². The maximum absolute atomic E-state index is 11.1. The van der Waals surface area contributed by atoms with Crippen LogP contribution >= 0.6 is 27.3 Å². The molecule has 0 bridgehead atoms. The van der Waals surface area contributed by atoms with Gasteiger partial charge in [0.25, 0.3) is 5.78 Å². The Morgan fingerprint density at radius 2 is 2.23 bits per heavy atom. The number of rotatable bonds is 3. The van der Waals surface area contributed by atoms with Crippen LogP contribution in [-0.4, -0.2) is 21.8 Å². The molecule has 0 radical (unpaired) electrons. The molecule has 1 aromatic heterocycles. The van der Waals surface area contributed by atoms with E-state index in [-0.39, 0.29) is 5.69 Å². The zero-order valence-electron chi connectivity index (χ0n) is 6.70. The highest BCUT2D eigenvalue weighted by Gasteiger charge is 2.21. The topological polar surface area (TPSA) is 67.3 Å². The molecule has 1 N–H and O–H groups in total. The fraction of sp³-hybridized carbons (Fsp3) is 0.286. The molecular formula is C7H6BrNO3S. The second-order valence-electron chi connectivity index (χ2n) is 2.23. The van der Waals surface area contributed by atoms with E-state index in [4.69, 9.17) is 5.11 Å². The molecule has 0 fully saturated rings. The van der Waals surface area contributed by atoms with Gasteiger partial charge in [-0.2, -0.15) is 0 Å². The van der Waals surface area contributed by atoms with Crippen molar-refractivity contribution in [3.05, 3.63) is 14.5 Å². The minimum Gasteiger partial charge on any atom is -0.475 e. The first-order valence-corrected chi connectivity index (χ1v) is 5.10. The minimum absolute atomic E-state index is 0.0480. The Morgan fingerprint density at radius 1 is 1.62 bits per heavy atom. The van der Waals surface area contributed by atoms with Crippen LogP contribution in [-0.2, 0) is 11.2 Å². The summed E-state index contributed by atoms with van der Waals surface area (Å²) in [7, 11) is 0. The summed E-state index contributed by atoms with van der Waals surface area (Å²) in [5, 5.41) is 8.46. The SMILES string of the molecule is CCc1sc(Br)nc1C(=O)C(=O)O. The molecule has 0 aliphatic carbocycles. The van der Waals surface area contributed by atoms with Crippen LogP contribution in [0.3, 0.4) is 0 Å². The number of Topliss-reactive ketones (excluding diaryl/α,β-unsaturated/α-hetero) is 1. The summed E-state index contributed by atoms with van der Waals surface area (Å²) >= 11 is 4.38. The summed E-state index contributed by atoms with van der Waals surface area (Å²) in [5.74, 6) is -2.41. The highest BCUT2D eigenvalue weighted by Crippen LogP contribution is 2.23. The standard InChI is InChI=1S/C7H6BrNO3S/c1-2-3-4(5(10)6(11)12)9-7(8)13-3/h2H2,1H3,(H,11,12). The van der Waals surface area contributed by atoms with Crippen LogP contribution in [0.15, 0.2) is 3.92 Å². The molecule has 0 amide bonds. The summed E-state index contributed by atoms with van der Waals surface area (Å²) < 4.78 is 0.536. The van der Waals surface area contributed by atoms with Crippen LogP contribution in [0.1, 0.15) is 22.3 Å². The highest BCUT2D eigenvalue weighted by molar-refractivity contribution is 9.11. The molecular weight excluding hydrogens is 258 g/mol. The van der Waals surface area contributed by atoms with Gasteiger partial charge in [-0.3, -0.25) is 4.79 Å². The number of nitrogens with zero attached hydrogens (tertiary/aromatic N) is 1. The fourth-order valence-electron chi connectivity index (χ4n) is 0.841. The highest BCUT2D eigenvalue weighted by atomic mass is 79.9. The average Bonchev–Trinajstić information content (AvgIpc) is 2.45. The molecule has 0 saturated heterocycles. The van der Waals surface area contributed by atoms with Crippen LogP contribution < -0.4 is 0 Å². The van der Waals surface area contributed by atoms with E-state index in [9.17, 15) is 9.59 Å². The first-order valence-electron chi connectivity index (χ1n) is 3.49. The third-order valence-corrected chi connectivity index (χ3v) is 3.05. The van der Waals surface area contributed by atoms with Crippen molar-refractivity contribution < 1.29 is 14.7 Å². The first kappa shape index (κ1) is 10.3. The van der Waals surface area contributed by atoms with Crippen LogP contribution in [0.2, 0.25) is 0 Å². The van der Waals surface area contributed by atoms with E-state index in [0.29, 0.717) is 15.2 Å². The fourth-order valence-corrected chi connectivity index (χ4v) is 2.32. The number of hydrogen-bond donors (Lipinski definition) is 1. The lowest BCUT2D eigenvalue weighted by Gasteiger charge is -1.92. The second kappa shape index (κ2) is 3.97. The maximum Gasteiger partial charge on any atom is 0.378 e. The molecule has 1 aromatic rings. The smallest absolute Gasteiger partial charge is 0.378 e. The van der Waals surface area contributed by atoms with Gasteiger partial charge in [0.1, 0.15) is 5.69 Å². The summed E-state index contributed by atoms with van der Waals surface area (Å²) in [6, 6.07) is 0. The number of carboxylic acid groups (broad SMARTS) is 1. The molecule has 70 valence electrons. The van der Waals surface area contributed by atoms with Gasteiger partial charge in [-0.15, -0.1) is 11.3 Å². The molecule has 4 nitrogen and oxygen atoms in total. The molecule has 0 aliphatic rings. The van der Waals surface area contributed by atoms with Gasteiger partial charge in [0, 0.05) is 4.88 Å². The van der Waals surface area contributed by atoms with Crippen molar-refractivity contribution in [1.29, 1.82) is 0 Å². The Labute approximate surface area is 86.7 Å². The van der Waals surface area contributed by atoms with E-state index in [1.165, 1.54) is 11.3 Å². The van der Waals surface area contributed by atoms with Gasteiger partial charge in [0.2, 0.25) is 0 Å². The Balaban J connectivity index is 3.12.